The van der Waals surface area contributed by atoms with Gasteiger partial charge in [-0.15, -0.1) is 0 Å². The third kappa shape index (κ3) is 3.21. The highest BCUT2D eigenvalue weighted by Crippen LogP contribution is 2.34. The first-order chi connectivity index (χ1) is 9.54. The lowest BCUT2D eigenvalue weighted by Gasteiger charge is -2.44. The van der Waals surface area contributed by atoms with Crippen LogP contribution >= 0.6 is 0 Å². The summed E-state index contributed by atoms with van der Waals surface area (Å²) >= 11 is 0. The lowest BCUT2D eigenvalue weighted by molar-refractivity contribution is 0.0655. The first-order valence-electron chi connectivity index (χ1n) is 7.80. The average Bonchev–Trinajstić information content (AvgIpc) is 2.43. The minimum atomic E-state index is -0.132. The second kappa shape index (κ2) is 6.68. The fraction of sp³-hybridized carbons (Fsp3) is 0.647. The Morgan fingerprint density at radius 2 is 2.05 bits per heavy atom. The van der Waals surface area contributed by atoms with Crippen molar-refractivity contribution in [2.75, 3.05) is 6.54 Å². The Morgan fingerprint density at radius 3 is 2.65 bits per heavy atom. The van der Waals surface area contributed by atoms with Gasteiger partial charge in [0.25, 0.3) is 0 Å². The molecule has 1 heterocycles. The quantitative estimate of drug-likeness (QED) is 0.909. The van der Waals surface area contributed by atoms with Crippen molar-refractivity contribution < 1.29 is 4.39 Å². The van der Waals surface area contributed by atoms with Crippen LogP contribution < -0.4 is 5.73 Å². The van der Waals surface area contributed by atoms with E-state index in [-0.39, 0.29) is 17.9 Å². The number of rotatable bonds is 4. The van der Waals surface area contributed by atoms with Crippen LogP contribution in [0.1, 0.15) is 51.6 Å². The topological polar surface area (TPSA) is 29.3 Å². The maximum atomic E-state index is 14.2. The van der Waals surface area contributed by atoms with E-state index in [2.05, 4.69) is 25.7 Å². The maximum Gasteiger partial charge on any atom is 0.128 e. The van der Waals surface area contributed by atoms with Crippen LogP contribution in [0.2, 0.25) is 0 Å². The molecule has 2 rings (SSSR count). The van der Waals surface area contributed by atoms with E-state index in [4.69, 9.17) is 5.73 Å². The van der Waals surface area contributed by atoms with Gasteiger partial charge in [-0.3, -0.25) is 4.90 Å². The molecule has 0 spiro atoms. The summed E-state index contributed by atoms with van der Waals surface area (Å²) in [6.07, 6.45) is 3.20. The van der Waals surface area contributed by atoms with Crippen molar-refractivity contribution in [1.82, 2.24) is 4.90 Å². The van der Waals surface area contributed by atoms with E-state index in [0.29, 0.717) is 6.04 Å². The van der Waals surface area contributed by atoms with Gasteiger partial charge in [-0.2, -0.15) is 0 Å². The van der Waals surface area contributed by atoms with Crippen molar-refractivity contribution in [1.29, 1.82) is 0 Å². The summed E-state index contributed by atoms with van der Waals surface area (Å²) in [5, 5.41) is 0. The number of hydrogen-bond acceptors (Lipinski definition) is 2. The number of likely N-dealkylation sites (tertiary alicyclic amines) is 1. The largest absolute Gasteiger partial charge is 0.326 e. The molecule has 1 aliphatic rings. The van der Waals surface area contributed by atoms with Gasteiger partial charge in [-0.25, -0.2) is 4.39 Å². The lowest BCUT2D eigenvalue weighted by Crippen LogP contribution is -2.48. The number of hydrogen-bond donors (Lipinski definition) is 1. The van der Waals surface area contributed by atoms with Crippen molar-refractivity contribution in [3.8, 4) is 0 Å². The Hall–Kier alpha value is -0.930. The van der Waals surface area contributed by atoms with Crippen molar-refractivity contribution in [2.24, 2.45) is 11.7 Å². The van der Waals surface area contributed by atoms with E-state index in [1.807, 2.05) is 12.1 Å². The van der Waals surface area contributed by atoms with E-state index >= 15 is 0 Å². The monoisotopic (exact) mass is 278 g/mol. The molecule has 0 aromatic heterocycles. The van der Waals surface area contributed by atoms with Gasteiger partial charge in [0.05, 0.1) is 6.04 Å². The summed E-state index contributed by atoms with van der Waals surface area (Å²) in [7, 11) is 0. The Kier molecular flexibility index (Phi) is 5.17. The molecule has 1 aromatic carbocycles. The van der Waals surface area contributed by atoms with Crippen LogP contribution in [0.15, 0.2) is 24.3 Å². The number of nitrogens with zero attached hydrogens (tertiary/aromatic N) is 1. The first-order valence-corrected chi connectivity index (χ1v) is 7.80. The van der Waals surface area contributed by atoms with E-state index in [1.165, 1.54) is 12.8 Å². The molecule has 20 heavy (non-hydrogen) atoms. The molecule has 0 saturated carbocycles. The molecule has 1 saturated heterocycles. The van der Waals surface area contributed by atoms with E-state index in [1.54, 1.807) is 12.1 Å². The van der Waals surface area contributed by atoms with Crippen LogP contribution in [0.5, 0.6) is 0 Å². The molecule has 0 amide bonds. The molecule has 3 heteroatoms. The zero-order valence-electron chi connectivity index (χ0n) is 12.8. The predicted octanol–water partition coefficient (Wildman–Crippen LogP) is 3.72. The molecular formula is C17H27FN2. The summed E-state index contributed by atoms with van der Waals surface area (Å²) in [6, 6.07) is 7.51. The van der Waals surface area contributed by atoms with Gasteiger partial charge in [-0.05, 0) is 44.7 Å². The van der Waals surface area contributed by atoms with Gasteiger partial charge in [-0.1, -0.05) is 32.0 Å². The molecule has 0 radical (unpaired) electrons. The molecule has 112 valence electrons. The molecule has 1 aromatic rings. The Morgan fingerprint density at radius 1 is 1.35 bits per heavy atom. The fourth-order valence-corrected chi connectivity index (χ4v) is 3.43. The highest BCUT2D eigenvalue weighted by atomic mass is 19.1. The van der Waals surface area contributed by atoms with E-state index in [0.717, 1.165) is 24.4 Å². The molecule has 2 N–H and O–H groups in total. The van der Waals surface area contributed by atoms with Crippen molar-refractivity contribution in [3.05, 3.63) is 35.6 Å². The SMILES string of the molecule is CCC(N)C(c1ccccc1F)N1CCC(C)CC1C. The van der Waals surface area contributed by atoms with Gasteiger partial charge < -0.3 is 5.73 Å². The smallest absolute Gasteiger partial charge is 0.128 e. The van der Waals surface area contributed by atoms with Gasteiger partial charge >= 0.3 is 0 Å². The number of halogens is 1. The number of piperidine rings is 1. The Balaban J connectivity index is 2.31. The molecule has 1 aliphatic heterocycles. The molecule has 4 unspecified atom stereocenters. The van der Waals surface area contributed by atoms with Crippen LogP contribution in [-0.4, -0.2) is 23.5 Å². The third-order valence-corrected chi connectivity index (χ3v) is 4.65. The molecule has 2 nitrogen and oxygen atoms in total. The van der Waals surface area contributed by atoms with Crippen molar-refractivity contribution >= 4 is 0 Å². The fourth-order valence-electron chi connectivity index (χ4n) is 3.43. The number of benzene rings is 1. The molecule has 0 aliphatic carbocycles. The lowest BCUT2D eigenvalue weighted by atomic mass is 9.87. The Bertz CT molecular complexity index is 435. The van der Waals surface area contributed by atoms with Crippen LogP contribution in [0.4, 0.5) is 4.39 Å². The third-order valence-electron chi connectivity index (χ3n) is 4.65. The molecule has 4 atom stereocenters. The summed E-state index contributed by atoms with van der Waals surface area (Å²) in [6.45, 7) is 7.63. The van der Waals surface area contributed by atoms with Crippen LogP contribution in [0.25, 0.3) is 0 Å². The normalized spacial score (nSPS) is 27.2. The minimum absolute atomic E-state index is 0.0105. The van der Waals surface area contributed by atoms with Gasteiger partial charge in [0.1, 0.15) is 5.82 Å². The van der Waals surface area contributed by atoms with E-state index < -0.39 is 0 Å². The summed E-state index contributed by atoms with van der Waals surface area (Å²) < 4.78 is 14.2. The maximum absolute atomic E-state index is 14.2. The Labute approximate surface area is 122 Å². The van der Waals surface area contributed by atoms with Gasteiger partial charge in [0, 0.05) is 17.6 Å². The second-order valence-electron chi connectivity index (χ2n) is 6.25. The van der Waals surface area contributed by atoms with E-state index in [9.17, 15) is 4.39 Å². The minimum Gasteiger partial charge on any atom is -0.326 e. The highest BCUT2D eigenvalue weighted by molar-refractivity contribution is 5.23. The zero-order chi connectivity index (χ0) is 14.7. The standard InChI is InChI=1S/C17H27FN2/c1-4-16(19)17(14-7-5-6-8-15(14)18)20-10-9-12(2)11-13(20)3/h5-8,12-13,16-17H,4,9-11,19H2,1-3H3. The first kappa shape index (κ1) is 15.5. The molecule has 0 bridgehead atoms. The molecular weight excluding hydrogens is 251 g/mol. The summed E-state index contributed by atoms with van der Waals surface area (Å²) in [5.74, 6) is 0.618. The zero-order valence-corrected chi connectivity index (χ0v) is 12.8. The number of nitrogens with two attached hydrogens (primary N) is 1. The van der Waals surface area contributed by atoms with Gasteiger partial charge in [0.2, 0.25) is 0 Å². The van der Waals surface area contributed by atoms with Gasteiger partial charge in [0.15, 0.2) is 0 Å². The van der Waals surface area contributed by atoms with Crippen LogP contribution in [0.3, 0.4) is 0 Å². The average molecular weight is 278 g/mol. The predicted molar refractivity (Wildman–Crippen MR) is 82.0 cm³/mol. The van der Waals surface area contributed by atoms with Crippen molar-refractivity contribution in [2.45, 2.75) is 58.2 Å². The summed E-state index contributed by atoms with van der Waals surface area (Å²) in [5.41, 5.74) is 7.09. The van der Waals surface area contributed by atoms with Crippen LogP contribution in [-0.2, 0) is 0 Å². The second-order valence-corrected chi connectivity index (χ2v) is 6.25. The summed E-state index contributed by atoms with van der Waals surface area (Å²) in [4.78, 5) is 2.41. The van der Waals surface area contributed by atoms with Crippen molar-refractivity contribution in [3.63, 3.8) is 0 Å². The molecule has 1 fully saturated rings. The van der Waals surface area contributed by atoms with Crippen LogP contribution in [0, 0.1) is 11.7 Å². The highest BCUT2D eigenvalue weighted by Gasteiger charge is 2.33.